The number of unbranched alkanes of at least 4 members (excludes halogenated alkanes) is 2. The molecule has 2 aromatic carbocycles. The van der Waals surface area contributed by atoms with Crippen LogP contribution in [0.1, 0.15) is 50.0 Å². The lowest BCUT2D eigenvalue weighted by Gasteiger charge is -2.11. The van der Waals surface area contributed by atoms with Crippen molar-refractivity contribution in [1.29, 1.82) is 0 Å². The van der Waals surface area contributed by atoms with Crippen LogP contribution in [0.4, 0.5) is 0 Å². The number of carbonyl (C=O) groups is 1. The molecule has 1 aliphatic rings. The highest BCUT2D eigenvalue weighted by molar-refractivity contribution is 7.90. The first kappa shape index (κ1) is 22.7. The summed E-state index contributed by atoms with van der Waals surface area (Å²) in [7, 11) is -3.50. The number of amidine groups is 1. The van der Waals surface area contributed by atoms with Gasteiger partial charge in [0.05, 0.1) is 22.8 Å². The van der Waals surface area contributed by atoms with Crippen LogP contribution in [0.25, 0.3) is 11.3 Å². The molecular formula is C24H27N5O3S. The van der Waals surface area contributed by atoms with E-state index in [0.29, 0.717) is 24.4 Å². The van der Waals surface area contributed by atoms with Gasteiger partial charge in [0.15, 0.2) is 0 Å². The second kappa shape index (κ2) is 9.99. The Morgan fingerprint density at radius 2 is 1.82 bits per heavy atom. The van der Waals surface area contributed by atoms with Crippen LogP contribution < -0.4 is 10.0 Å². The summed E-state index contributed by atoms with van der Waals surface area (Å²) in [6.45, 7) is 2.40. The fraction of sp³-hybridized carbons (Fsp3) is 0.292. The summed E-state index contributed by atoms with van der Waals surface area (Å²) in [5, 5.41) is 2.98. The summed E-state index contributed by atoms with van der Waals surface area (Å²) in [6.07, 6.45) is 4.53. The number of benzene rings is 2. The first-order valence-corrected chi connectivity index (χ1v) is 12.5. The fourth-order valence-corrected chi connectivity index (χ4v) is 4.97. The topological polar surface area (TPSA) is 116 Å². The average molecular weight is 466 g/mol. The maximum absolute atomic E-state index is 12.3. The van der Waals surface area contributed by atoms with Crippen molar-refractivity contribution >= 4 is 21.8 Å². The first-order chi connectivity index (χ1) is 15.9. The summed E-state index contributed by atoms with van der Waals surface area (Å²) < 4.78 is 26.7. The van der Waals surface area contributed by atoms with Crippen LogP contribution in [0.2, 0.25) is 0 Å². The average Bonchev–Trinajstić information content (AvgIpc) is 3.40. The van der Waals surface area contributed by atoms with Gasteiger partial charge in [-0.1, -0.05) is 48.9 Å². The largest absolute Gasteiger partial charge is 0.346 e. The summed E-state index contributed by atoms with van der Waals surface area (Å²) in [4.78, 5) is 24.6. The lowest BCUT2D eigenvalue weighted by Crippen LogP contribution is -2.27. The number of hydrogen-bond acceptors (Lipinski definition) is 5. The molecule has 0 radical (unpaired) electrons. The van der Waals surface area contributed by atoms with Gasteiger partial charge in [-0.2, -0.15) is 0 Å². The third kappa shape index (κ3) is 5.48. The van der Waals surface area contributed by atoms with E-state index in [-0.39, 0.29) is 16.8 Å². The van der Waals surface area contributed by atoms with E-state index in [4.69, 9.17) is 0 Å². The second-order valence-electron chi connectivity index (χ2n) is 7.98. The minimum absolute atomic E-state index is 0.0241. The zero-order chi connectivity index (χ0) is 23.3. The van der Waals surface area contributed by atoms with Crippen molar-refractivity contribution in [2.75, 3.05) is 6.54 Å². The molecule has 2 heterocycles. The molecule has 0 fully saturated rings. The Bertz CT molecular complexity index is 1250. The fourth-order valence-electron chi connectivity index (χ4n) is 3.72. The number of aromatic amines is 1. The summed E-state index contributed by atoms with van der Waals surface area (Å²) in [6, 6.07) is 16.5. The number of aliphatic imine (C=N–C) groups is 1. The minimum atomic E-state index is -3.50. The van der Waals surface area contributed by atoms with E-state index in [1.165, 1.54) is 0 Å². The highest BCUT2D eigenvalue weighted by atomic mass is 32.2. The lowest BCUT2D eigenvalue weighted by molar-refractivity contribution is -0.121. The molecule has 0 aliphatic carbocycles. The normalized spacial score (nSPS) is 16.2. The SMILES string of the molecule is CC(NC(=O)CCCCCN=C1NS(=O)(=O)c2ccccc21)c1ncc(-c2ccccc2)[nH]1. The van der Waals surface area contributed by atoms with E-state index in [9.17, 15) is 13.2 Å². The zero-order valence-electron chi connectivity index (χ0n) is 18.4. The second-order valence-corrected chi connectivity index (χ2v) is 9.63. The van der Waals surface area contributed by atoms with Crippen molar-refractivity contribution in [3.8, 4) is 11.3 Å². The number of carbonyl (C=O) groups excluding carboxylic acids is 1. The van der Waals surface area contributed by atoms with Crippen molar-refractivity contribution in [3.05, 3.63) is 72.2 Å². The van der Waals surface area contributed by atoms with Gasteiger partial charge in [0.1, 0.15) is 11.7 Å². The van der Waals surface area contributed by atoms with Gasteiger partial charge in [-0.25, -0.2) is 13.4 Å². The molecule has 1 amide bonds. The Kier molecular flexibility index (Phi) is 6.88. The smallest absolute Gasteiger partial charge is 0.263 e. The summed E-state index contributed by atoms with van der Waals surface area (Å²) >= 11 is 0. The first-order valence-electron chi connectivity index (χ1n) is 11.0. The maximum atomic E-state index is 12.3. The number of sulfonamides is 1. The molecule has 4 rings (SSSR count). The molecular weight excluding hydrogens is 438 g/mol. The van der Waals surface area contributed by atoms with Crippen molar-refractivity contribution in [2.45, 2.75) is 43.5 Å². The van der Waals surface area contributed by atoms with Crippen molar-refractivity contribution < 1.29 is 13.2 Å². The van der Waals surface area contributed by atoms with Crippen LogP contribution in [0.3, 0.4) is 0 Å². The van der Waals surface area contributed by atoms with Gasteiger partial charge in [0.2, 0.25) is 5.91 Å². The standard InChI is InChI=1S/C24H27N5O3S/c1-17(23-26-16-20(28-23)18-10-4-2-5-11-18)27-22(30)14-6-3-9-15-25-24-19-12-7-8-13-21(19)33(31,32)29-24/h2,4-5,7-8,10-13,16-17H,3,6,9,14-15H2,1H3,(H,25,29)(H,26,28)(H,27,30). The van der Waals surface area contributed by atoms with Gasteiger partial charge in [-0.3, -0.25) is 14.5 Å². The molecule has 0 spiro atoms. The minimum Gasteiger partial charge on any atom is -0.346 e. The Morgan fingerprint density at radius 3 is 2.64 bits per heavy atom. The quantitative estimate of drug-likeness (QED) is 0.419. The van der Waals surface area contributed by atoms with Gasteiger partial charge in [0, 0.05) is 18.5 Å². The molecule has 1 aromatic heterocycles. The number of rotatable bonds is 9. The molecule has 3 N–H and O–H groups in total. The van der Waals surface area contributed by atoms with E-state index in [1.54, 1.807) is 30.5 Å². The molecule has 1 aliphatic heterocycles. The van der Waals surface area contributed by atoms with Crippen LogP contribution in [-0.4, -0.2) is 36.7 Å². The highest BCUT2D eigenvalue weighted by Gasteiger charge is 2.29. The van der Waals surface area contributed by atoms with Crippen LogP contribution in [0, 0.1) is 0 Å². The van der Waals surface area contributed by atoms with Gasteiger partial charge < -0.3 is 10.3 Å². The van der Waals surface area contributed by atoms with Crippen LogP contribution in [-0.2, 0) is 14.8 Å². The van der Waals surface area contributed by atoms with Crippen molar-refractivity contribution in [1.82, 2.24) is 20.0 Å². The third-order valence-electron chi connectivity index (χ3n) is 5.46. The van der Waals surface area contributed by atoms with Gasteiger partial charge >= 0.3 is 0 Å². The van der Waals surface area contributed by atoms with E-state index < -0.39 is 10.0 Å². The number of imidazole rings is 1. The predicted octanol–water partition coefficient (Wildman–Crippen LogP) is 3.55. The number of amides is 1. The van der Waals surface area contributed by atoms with Crippen LogP contribution in [0.5, 0.6) is 0 Å². The Morgan fingerprint density at radius 1 is 1.06 bits per heavy atom. The Labute approximate surface area is 193 Å². The predicted molar refractivity (Wildman–Crippen MR) is 127 cm³/mol. The molecule has 1 atom stereocenters. The van der Waals surface area contributed by atoms with Gasteiger partial charge in [0.25, 0.3) is 10.0 Å². The number of nitrogens with zero attached hydrogens (tertiary/aromatic N) is 2. The van der Waals surface area contributed by atoms with Crippen molar-refractivity contribution in [2.24, 2.45) is 4.99 Å². The number of fused-ring (bicyclic) bond motifs is 1. The lowest BCUT2D eigenvalue weighted by atomic mass is 10.1. The highest BCUT2D eigenvalue weighted by Crippen LogP contribution is 2.22. The third-order valence-corrected chi connectivity index (χ3v) is 6.86. The van der Waals surface area contributed by atoms with Crippen molar-refractivity contribution in [3.63, 3.8) is 0 Å². The molecule has 3 aromatic rings. The molecule has 1 unspecified atom stereocenters. The van der Waals surface area contributed by atoms with E-state index in [0.717, 1.165) is 36.3 Å². The summed E-state index contributed by atoms with van der Waals surface area (Å²) in [5.41, 5.74) is 2.58. The van der Waals surface area contributed by atoms with E-state index in [2.05, 4.69) is 25.0 Å². The Hall–Kier alpha value is -3.46. The molecule has 0 bridgehead atoms. The zero-order valence-corrected chi connectivity index (χ0v) is 19.2. The monoisotopic (exact) mass is 465 g/mol. The molecule has 9 heteroatoms. The molecule has 0 saturated carbocycles. The number of hydrogen-bond donors (Lipinski definition) is 3. The van der Waals surface area contributed by atoms with Gasteiger partial charge in [-0.15, -0.1) is 0 Å². The molecule has 33 heavy (non-hydrogen) atoms. The molecule has 0 saturated heterocycles. The van der Waals surface area contributed by atoms with E-state index >= 15 is 0 Å². The number of H-pyrrole nitrogens is 1. The van der Waals surface area contributed by atoms with Crippen LogP contribution in [0.15, 0.2) is 70.7 Å². The van der Waals surface area contributed by atoms with Gasteiger partial charge in [-0.05, 0) is 37.5 Å². The number of nitrogens with one attached hydrogen (secondary N) is 3. The van der Waals surface area contributed by atoms with Crippen LogP contribution >= 0.6 is 0 Å². The number of aromatic nitrogens is 2. The molecule has 8 nitrogen and oxygen atoms in total. The maximum Gasteiger partial charge on any atom is 0.263 e. The summed E-state index contributed by atoms with van der Waals surface area (Å²) in [5.74, 6) is 1.09. The Balaban J connectivity index is 1.19. The molecule has 172 valence electrons. The van der Waals surface area contributed by atoms with E-state index in [1.807, 2.05) is 37.3 Å².